The maximum Gasteiger partial charge on any atom is 0.490 e. The SMILES string of the molecule is COc1cc(C=C(CC2CC2)C(=O)N[C@@H]2c3ccccc3C[C@@H]2O)ccc1-n1cnc(C)c1.O=C(O)C(F)(F)F. The Morgan fingerprint density at radius 3 is 2.50 bits per heavy atom. The highest BCUT2D eigenvalue weighted by Gasteiger charge is 2.38. The van der Waals surface area contributed by atoms with Crippen molar-refractivity contribution in [2.24, 2.45) is 5.92 Å². The summed E-state index contributed by atoms with van der Waals surface area (Å²) in [5, 5.41) is 20.8. The molecular weight excluding hydrogens is 527 g/mol. The van der Waals surface area contributed by atoms with Gasteiger partial charge in [0.15, 0.2) is 0 Å². The van der Waals surface area contributed by atoms with E-state index in [4.69, 9.17) is 14.6 Å². The summed E-state index contributed by atoms with van der Waals surface area (Å²) in [5.41, 5.74) is 5.58. The van der Waals surface area contributed by atoms with E-state index in [0.717, 1.165) is 52.9 Å². The van der Waals surface area contributed by atoms with Gasteiger partial charge in [0.1, 0.15) is 5.75 Å². The van der Waals surface area contributed by atoms with Crippen molar-refractivity contribution in [1.82, 2.24) is 14.9 Å². The molecule has 8 nitrogen and oxygen atoms in total. The summed E-state index contributed by atoms with van der Waals surface area (Å²) in [4.78, 5) is 26.5. The third kappa shape index (κ3) is 7.09. The number of nitrogens with one attached hydrogen (secondary N) is 1. The lowest BCUT2D eigenvalue weighted by Crippen LogP contribution is -2.34. The Bertz CT molecular complexity index is 1410. The number of aliphatic carboxylic acids is 1. The molecule has 11 heteroatoms. The minimum atomic E-state index is -5.08. The predicted molar refractivity (Wildman–Crippen MR) is 141 cm³/mol. The molecule has 1 heterocycles. The molecule has 0 aliphatic heterocycles. The Balaban J connectivity index is 0.000000470. The largest absolute Gasteiger partial charge is 0.495 e. The van der Waals surface area contributed by atoms with Crippen molar-refractivity contribution in [3.05, 3.63) is 82.9 Å². The molecule has 3 N–H and O–H groups in total. The number of rotatable bonds is 7. The monoisotopic (exact) mass is 557 g/mol. The maximum absolute atomic E-state index is 13.3. The average Bonchev–Trinajstić information content (AvgIpc) is 3.54. The zero-order valence-corrected chi connectivity index (χ0v) is 22.0. The molecule has 2 atom stereocenters. The second-order valence-electron chi connectivity index (χ2n) is 9.90. The number of aliphatic hydroxyl groups is 1. The van der Waals surface area contributed by atoms with E-state index in [-0.39, 0.29) is 11.9 Å². The predicted octanol–water partition coefficient (Wildman–Crippen LogP) is 4.78. The number of halogens is 3. The van der Waals surface area contributed by atoms with Crippen molar-refractivity contribution in [2.45, 2.75) is 50.9 Å². The topological polar surface area (TPSA) is 114 Å². The van der Waals surface area contributed by atoms with E-state index >= 15 is 0 Å². The second-order valence-corrected chi connectivity index (χ2v) is 9.90. The van der Waals surface area contributed by atoms with Gasteiger partial charge in [0, 0.05) is 18.2 Å². The standard InChI is InChI=1S/C27H29N3O3.C2HF3O2/c1-17-15-30(16-28-17)23-10-9-19(13-25(23)33-2)12-21(11-18-7-8-18)27(32)29-26-22-6-4-3-5-20(22)14-24(26)31;3-2(4,5)1(6)7/h3-6,9-10,12-13,15-16,18,24,26,31H,7-8,11,14H2,1-2H3,(H,29,32);(H,6,7)/t24-,26+;/m0./s1. The summed E-state index contributed by atoms with van der Waals surface area (Å²) in [7, 11) is 1.65. The Hall–Kier alpha value is -4.12. The van der Waals surface area contributed by atoms with Crippen LogP contribution in [0.4, 0.5) is 13.2 Å². The van der Waals surface area contributed by atoms with Crippen molar-refractivity contribution in [3.8, 4) is 11.4 Å². The Morgan fingerprint density at radius 2 is 1.90 bits per heavy atom. The first-order valence-corrected chi connectivity index (χ1v) is 12.7. The molecule has 1 aromatic heterocycles. The van der Waals surface area contributed by atoms with E-state index in [1.54, 1.807) is 13.4 Å². The first-order chi connectivity index (χ1) is 19.0. The molecule has 1 fully saturated rings. The summed E-state index contributed by atoms with van der Waals surface area (Å²) in [5.74, 6) is -1.60. The van der Waals surface area contributed by atoms with Gasteiger partial charge in [-0.15, -0.1) is 0 Å². The molecule has 0 radical (unpaired) electrons. The zero-order chi connectivity index (χ0) is 29.0. The van der Waals surface area contributed by atoms with Crippen LogP contribution in [0.2, 0.25) is 0 Å². The second kappa shape index (κ2) is 12.0. The number of hydrogen-bond donors (Lipinski definition) is 3. The molecule has 1 saturated carbocycles. The van der Waals surface area contributed by atoms with Crippen molar-refractivity contribution in [1.29, 1.82) is 0 Å². The molecule has 2 aliphatic carbocycles. The molecular formula is C29H30F3N3O5. The number of carbonyl (C=O) groups is 2. The number of fused-ring (bicyclic) bond motifs is 1. The molecule has 3 aromatic rings. The number of carboxylic acids is 1. The number of aryl methyl sites for hydroxylation is 1. The van der Waals surface area contributed by atoms with Crippen molar-refractivity contribution < 1.29 is 37.7 Å². The van der Waals surface area contributed by atoms with Crippen LogP contribution >= 0.6 is 0 Å². The Morgan fingerprint density at radius 1 is 1.20 bits per heavy atom. The third-order valence-corrected chi connectivity index (χ3v) is 6.76. The molecule has 0 saturated heterocycles. The van der Waals surface area contributed by atoms with Gasteiger partial charge in [-0.1, -0.05) is 30.3 Å². The van der Waals surface area contributed by atoms with Crippen LogP contribution in [-0.2, 0) is 16.0 Å². The molecule has 0 spiro atoms. The van der Waals surface area contributed by atoms with Crippen molar-refractivity contribution in [3.63, 3.8) is 0 Å². The lowest BCUT2D eigenvalue weighted by molar-refractivity contribution is -0.192. The number of amides is 1. The minimum absolute atomic E-state index is 0.115. The quantitative estimate of drug-likeness (QED) is 0.361. The van der Waals surface area contributed by atoms with E-state index in [0.29, 0.717) is 18.1 Å². The normalized spacial score (nSPS) is 18.4. The van der Waals surface area contributed by atoms with Crippen LogP contribution in [0, 0.1) is 12.8 Å². The summed E-state index contributed by atoms with van der Waals surface area (Å²) in [6, 6.07) is 13.5. The molecule has 1 amide bonds. The van der Waals surface area contributed by atoms with Crippen LogP contribution in [0.1, 0.15) is 47.7 Å². The zero-order valence-electron chi connectivity index (χ0n) is 22.0. The number of carboxylic acid groups (broad SMARTS) is 1. The van der Waals surface area contributed by atoms with Gasteiger partial charge in [0.25, 0.3) is 0 Å². The molecule has 2 aromatic carbocycles. The third-order valence-electron chi connectivity index (χ3n) is 6.76. The van der Waals surface area contributed by atoms with Gasteiger partial charge < -0.3 is 24.8 Å². The van der Waals surface area contributed by atoms with E-state index in [2.05, 4.69) is 10.3 Å². The first kappa shape index (κ1) is 28.9. The number of nitrogens with zero attached hydrogens (tertiary/aromatic N) is 2. The van der Waals surface area contributed by atoms with Crippen LogP contribution in [0.5, 0.6) is 5.75 Å². The number of alkyl halides is 3. The van der Waals surface area contributed by atoms with Gasteiger partial charge in [0.05, 0.1) is 37.0 Å². The molecule has 40 heavy (non-hydrogen) atoms. The van der Waals surface area contributed by atoms with Crippen LogP contribution < -0.4 is 10.1 Å². The van der Waals surface area contributed by atoms with Gasteiger partial charge in [-0.2, -0.15) is 13.2 Å². The summed E-state index contributed by atoms with van der Waals surface area (Å²) >= 11 is 0. The van der Waals surface area contributed by atoms with E-state index in [9.17, 15) is 23.1 Å². The average molecular weight is 558 g/mol. The van der Waals surface area contributed by atoms with E-state index < -0.39 is 18.2 Å². The van der Waals surface area contributed by atoms with Crippen LogP contribution in [0.25, 0.3) is 11.8 Å². The van der Waals surface area contributed by atoms with E-state index in [1.807, 2.05) is 66.2 Å². The number of methoxy groups -OCH3 is 1. The van der Waals surface area contributed by atoms with E-state index in [1.165, 1.54) is 0 Å². The number of hydrogen-bond acceptors (Lipinski definition) is 5. The van der Waals surface area contributed by atoms with Crippen molar-refractivity contribution >= 4 is 18.0 Å². The first-order valence-electron chi connectivity index (χ1n) is 12.7. The lowest BCUT2D eigenvalue weighted by Gasteiger charge is -2.19. The lowest BCUT2D eigenvalue weighted by atomic mass is 10.0. The molecule has 0 bridgehead atoms. The Labute approximate surface area is 229 Å². The molecule has 2 aliphatic rings. The number of aromatic nitrogens is 2. The fourth-order valence-corrected chi connectivity index (χ4v) is 4.58. The summed E-state index contributed by atoms with van der Waals surface area (Å²) < 4.78 is 39.3. The van der Waals surface area contributed by atoms with Gasteiger partial charge in [-0.05, 0) is 67.0 Å². The number of imidazole rings is 1. The highest BCUT2D eigenvalue weighted by atomic mass is 19.4. The highest BCUT2D eigenvalue weighted by Crippen LogP contribution is 2.37. The molecule has 5 rings (SSSR count). The van der Waals surface area contributed by atoms with Crippen LogP contribution in [-0.4, -0.2) is 51.0 Å². The fourth-order valence-electron chi connectivity index (χ4n) is 4.58. The summed E-state index contributed by atoms with van der Waals surface area (Å²) in [6.45, 7) is 1.95. The smallest absolute Gasteiger partial charge is 0.490 e. The number of ether oxygens (including phenoxy) is 1. The van der Waals surface area contributed by atoms with Gasteiger partial charge in [-0.25, -0.2) is 9.78 Å². The van der Waals surface area contributed by atoms with Gasteiger partial charge >= 0.3 is 12.1 Å². The van der Waals surface area contributed by atoms with Gasteiger partial charge in [0.2, 0.25) is 5.91 Å². The van der Waals surface area contributed by atoms with Crippen molar-refractivity contribution in [2.75, 3.05) is 7.11 Å². The van der Waals surface area contributed by atoms with Crippen LogP contribution in [0.15, 0.2) is 60.6 Å². The molecule has 212 valence electrons. The summed E-state index contributed by atoms with van der Waals surface area (Å²) in [6.07, 6.45) is 3.59. The minimum Gasteiger partial charge on any atom is -0.495 e. The maximum atomic E-state index is 13.3. The van der Waals surface area contributed by atoms with Crippen LogP contribution in [0.3, 0.4) is 0 Å². The number of carbonyl (C=O) groups excluding carboxylic acids is 1. The Kier molecular flexibility index (Phi) is 8.63. The fraction of sp³-hybridized carbons (Fsp3) is 0.345. The molecule has 0 unspecified atom stereocenters. The number of aliphatic hydroxyl groups excluding tert-OH is 1. The highest BCUT2D eigenvalue weighted by molar-refractivity contribution is 5.98. The number of benzene rings is 2. The van der Waals surface area contributed by atoms with Gasteiger partial charge in [-0.3, -0.25) is 4.79 Å².